The first-order valence-corrected chi connectivity index (χ1v) is 10.9. The molecular formula is C22H29ClN2O4. The highest BCUT2D eigenvalue weighted by atomic mass is 35.5. The Balaban J connectivity index is 1.53. The first-order valence-electron chi connectivity index (χ1n) is 10.5. The van der Waals surface area contributed by atoms with Gasteiger partial charge in [0.1, 0.15) is 6.61 Å². The number of imide groups is 1. The molecule has 2 fully saturated rings. The number of halogens is 1. The number of carbonyl (C=O) groups excluding carboxylic acids is 2. The molecule has 2 atom stereocenters. The minimum absolute atomic E-state index is 0.0625. The number of nitrogens with zero attached hydrogens (tertiary/aromatic N) is 1. The highest BCUT2D eigenvalue weighted by Gasteiger charge is 2.48. The van der Waals surface area contributed by atoms with Crippen LogP contribution in [0.5, 0.6) is 11.5 Å². The van der Waals surface area contributed by atoms with Crippen LogP contribution in [0.1, 0.15) is 52.4 Å². The van der Waals surface area contributed by atoms with Gasteiger partial charge in [-0.15, -0.1) is 0 Å². The number of carbonyl (C=O) groups is 2. The lowest BCUT2D eigenvalue weighted by Gasteiger charge is -2.45. The average molecular weight is 421 g/mol. The molecule has 0 bridgehead atoms. The van der Waals surface area contributed by atoms with Crippen molar-refractivity contribution in [1.29, 1.82) is 0 Å². The van der Waals surface area contributed by atoms with Gasteiger partial charge in [0.05, 0.1) is 17.1 Å². The van der Waals surface area contributed by atoms with E-state index in [1.54, 1.807) is 6.07 Å². The molecule has 29 heavy (non-hydrogen) atoms. The van der Waals surface area contributed by atoms with Crippen LogP contribution < -0.4 is 14.8 Å². The molecule has 1 aromatic rings. The number of hydrogen-bond acceptors (Lipinski definition) is 5. The van der Waals surface area contributed by atoms with Crippen LogP contribution in [0, 0.1) is 5.41 Å². The minimum atomic E-state index is -0.639. The molecule has 2 unspecified atom stereocenters. The lowest BCUT2D eigenvalue weighted by Crippen LogP contribution is -2.65. The summed E-state index contributed by atoms with van der Waals surface area (Å²) in [6.45, 7) is 5.22. The number of fused-ring (bicyclic) bond motifs is 1. The van der Waals surface area contributed by atoms with E-state index in [9.17, 15) is 9.59 Å². The second kappa shape index (κ2) is 7.80. The third-order valence-corrected chi connectivity index (χ3v) is 6.97. The van der Waals surface area contributed by atoms with Gasteiger partial charge >= 0.3 is 0 Å². The Morgan fingerprint density at radius 1 is 1.24 bits per heavy atom. The summed E-state index contributed by atoms with van der Waals surface area (Å²) in [4.78, 5) is 27.4. The summed E-state index contributed by atoms with van der Waals surface area (Å²) in [6.07, 6.45) is 4.79. The Kier molecular flexibility index (Phi) is 5.51. The first kappa shape index (κ1) is 20.5. The topological polar surface area (TPSA) is 67.9 Å². The molecule has 1 saturated heterocycles. The minimum Gasteiger partial charge on any atom is -0.484 e. The molecule has 158 valence electrons. The molecule has 2 amide bonds. The largest absolute Gasteiger partial charge is 0.484 e. The average Bonchev–Trinajstić information content (AvgIpc) is 3.12. The highest BCUT2D eigenvalue weighted by molar-refractivity contribution is 6.32. The smallest absolute Gasteiger partial charge is 0.229 e. The van der Waals surface area contributed by atoms with Crippen molar-refractivity contribution in [3.8, 4) is 11.5 Å². The Morgan fingerprint density at radius 3 is 2.59 bits per heavy atom. The maximum absolute atomic E-state index is 13.0. The second-order valence-corrected chi connectivity index (χ2v) is 9.27. The Bertz CT molecular complexity index is 788. The summed E-state index contributed by atoms with van der Waals surface area (Å²) < 4.78 is 12.1. The molecule has 2 aliphatic heterocycles. The van der Waals surface area contributed by atoms with Crippen molar-refractivity contribution in [2.24, 2.45) is 5.41 Å². The van der Waals surface area contributed by atoms with Gasteiger partial charge in [-0.25, -0.2) is 0 Å². The van der Waals surface area contributed by atoms with E-state index < -0.39 is 5.54 Å². The molecule has 1 spiro atoms. The zero-order valence-corrected chi connectivity index (χ0v) is 17.9. The molecule has 1 aliphatic carbocycles. The van der Waals surface area contributed by atoms with Gasteiger partial charge < -0.3 is 14.8 Å². The number of piperidine rings is 1. The molecule has 0 radical (unpaired) electrons. The molecule has 4 rings (SSSR count). The van der Waals surface area contributed by atoms with Crippen molar-refractivity contribution in [2.45, 2.75) is 64.0 Å². The maximum atomic E-state index is 13.0. The molecule has 2 heterocycles. The number of amides is 2. The van der Waals surface area contributed by atoms with E-state index in [0.29, 0.717) is 42.5 Å². The Morgan fingerprint density at radius 2 is 1.93 bits per heavy atom. The Hall–Kier alpha value is -1.79. The van der Waals surface area contributed by atoms with E-state index in [1.807, 2.05) is 26.0 Å². The van der Waals surface area contributed by atoms with Crippen molar-refractivity contribution < 1.29 is 19.1 Å². The van der Waals surface area contributed by atoms with Crippen LogP contribution >= 0.6 is 11.6 Å². The molecule has 3 aliphatic rings. The number of ether oxygens (including phenoxy) is 2. The van der Waals surface area contributed by atoms with Gasteiger partial charge in [0.15, 0.2) is 17.6 Å². The fourth-order valence-electron chi connectivity index (χ4n) is 5.08. The van der Waals surface area contributed by atoms with Crippen molar-refractivity contribution in [3.63, 3.8) is 0 Å². The quantitative estimate of drug-likeness (QED) is 0.737. The van der Waals surface area contributed by atoms with Crippen LogP contribution in [0.25, 0.3) is 0 Å². The zero-order chi connectivity index (χ0) is 20.6. The van der Waals surface area contributed by atoms with Crippen LogP contribution in [-0.2, 0) is 9.59 Å². The zero-order valence-electron chi connectivity index (χ0n) is 17.1. The van der Waals surface area contributed by atoms with E-state index >= 15 is 0 Å². The summed E-state index contributed by atoms with van der Waals surface area (Å²) >= 11 is 6.20. The third-order valence-electron chi connectivity index (χ3n) is 6.68. The lowest BCUT2D eigenvalue weighted by molar-refractivity contribution is -0.155. The van der Waals surface area contributed by atoms with Gasteiger partial charge in [-0.2, -0.15) is 0 Å². The second-order valence-electron chi connectivity index (χ2n) is 8.87. The monoisotopic (exact) mass is 420 g/mol. The van der Waals surface area contributed by atoms with E-state index in [-0.39, 0.29) is 29.9 Å². The molecule has 1 saturated carbocycles. The van der Waals surface area contributed by atoms with E-state index in [4.69, 9.17) is 21.1 Å². The fourth-order valence-corrected chi connectivity index (χ4v) is 5.30. The molecule has 0 aromatic heterocycles. The normalized spacial score (nSPS) is 25.3. The summed E-state index contributed by atoms with van der Waals surface area (Å²) in [5.41, 5.74) is -0.736. The van der Waals surface area contributed by atoms with E-state index in [0.717, 1.165) is 25.7 Å². The molecule has 1 N–H and O–H groups in total. The summed E-state index contributed by atoms with van der Waals surface area (Å²) in [5.74, 6) is 0.997. The van der Waals surface area contributed by atoms with E-state index in [1.165, 1.54) is 4.90 Å². The summed E-state index contributed by atoms with van der Waals surface area (Å²) in [6, 6.07) is 5.40. The van der Waals surface area contributed by atoms with Gasteiger partial charge in [-0.3, -0.25) is 14.5 Å². The molecule has 6 nitrogen and oxygen atoms in total. The van der Waals surface area contributed by atoms with Crippen LogP contribution in [0.2, 0.25) is 5.02 Å². The van der Waals surface area contributed by atoms with Gasteiger partial charge in [0, 0.05) is 12.8 Å². The SMILES string of the molecule is CCNC(C)(CN1C(=O)CC2(CCCC2)CC1=O)C1COc2c(Cl)cccc2O1. The van der Waals surface area contributed by atoms with Gasteiger partial charge in [-0.05, 0) is 43.9 Å². The number of rotatable bonds is 5. The summed E-state index contributed by atoms with van der Waals surface area (Å²) in [5, 5.41) is 3.95. The third kappa shape index (κ3) is 3.84. The van der Waals surface area contributed by atoms with Crippen molar-refractivity contribution >= 4 is 23.4 Å². The van der Waals surface area contributed by atoms with Crippen molar-refractivity contribution in [3.05, 3.63) is 23.2 Å². The number of hydrogen-bond donors (Lipinski definition) is 1. The predicted molar refractivity (Wildman–Crippen MR) is 110 cm³/mol. The first-order chi connectivity index (χ1) is 13.9. The maximum Gasteiger partial charge on any atom is 0.229 e. The molecule has 7 heteroatoms. The number of nitrogens with one attached hydrogen (secondary N) is 1. The number of likely N-dealkylation sites (N-methyl/N-ethyl adjacent to an activating group) is 1. The number of benzene rings is 1. The van der Waals surface area contributed by atoms with Crippen molar-refractivity contribution in [1.82, 2.24) is 10.2 Å². The number of para-hydroxylation sites is 1. The van der Waals surface area contributed by atoms with Crippen LogP contribution in [-0.4, -0.2) is 48.1 Å². The van der Waals surface area contributed by atoms with Crippen molar-refractivity contribution in [2.75, 3.05) is 19.7 Å². The van der Waals surface area contributed by atoms with Crippen LogP contribution in [0.3, 0.4) is 0 Å². The predicted octanol–water partition coefficient (Wildman–Crippen LogP) is 3.56. The highest BCUT2D eigenvalue weighted by Crippen LogP contribution is 2.47. The molecular weight excluding hydrogens is 392 g/mol. The molecule has 1 aromatic carbocycles. The Labute approximate surface area is 176 Å². The standard InChI is InChI=1S/C22H29ClN2O4/c1-3-24-21(2,17-13-28-20-15(23)7-6-8-16(20)29-17)14-25-18(26)11-22(12-19(25)27)9-4-5-10-22/h6-8,17,24H,3-5,9-14H2,1-2H3. The van der Waals surface area contributed by atoms with Gasteiger partial charge in [-0.1, -0.05) is 37.4 Å². The van der Waals surface area contributed by atoms with Gasteiger partial charge in [0.25, 0.3) is 0 Å². The number of likely N-dealkylation sites (tertiary alicyclic amines) is 1. The lowest BCUT2D eigenvalue weighted by atomic mass is 9.76. The van der Waals surface area contributed by atoms with Crippen LogP contribution in [0.15, 0.2) is 18.2 Å². The summed E-state index contributed by atoms with van der Waals surface area (Å²) in [7, 11) is 0. The van der Waals surface area contributed by atoms with Gasteiger partial charge in [0.2, 0.25) is 11.8 Å². The van der Waals surface area contributed by atoms with E-state index in [2.05, 4.69) is 5.32 Å². The fraction of sp³-hybridized carbons (Fsp3) is 0.636. The van der Waals surface area contributed by atoms with Crippen LogP contribution in [0.4, 0.5) is 0 Å².